The van der Waals surface area contributed by atoms with E-state index in [2.05, 4.69) is 44.2 Å². The van der Waals surface area contributed by atoms with E-state index in [4.69, 9.17) is 0 Å². The lowest BCUT2D eigenvalue weighted by Crippen LogP contribution is -1.92. The van der Waals surface area contributed by atoms with Crippen molar-refractivity contribution < 1.29 is 5.11 Å². The van der Waals surface area contributed by atoms with Gasteiger partial charge in [0.1, 0.15) is 0 Å². The molecule has 0 aliphatic heterocycles. The van der Waals surface area contributed by atoms with Crippen LogP contribution < -0.4 is 0 Å². The van der Waals surface area contributed by atoms with E-state index in [1.807, 2.05) is 0 Å². The Morgan fingerprint density at radius 3 is 2.40 bits per heavy atom. The van der Waals surface area contributed by atoms with Gasteiger partial charge in [0.25, 0.3) is 0 Å². The Morgan fingerprint density at radius 1 is 1.00 bits per heavy atom. The predicted octanol–water partition coefficient (Wildman–Crippen LogP) is 3.20. The Kier molecular flexibility index (Phi) is 2.74. The number of fused-ring (bicyclic) bond motifs is 1. The summed E-state index contributed by atoms with van der Waals surface area (Å²) in [4.78, 5) is 0. The summed E-state index contributed by atoms with van der Waals surface area (Å²) in [6.07, 6.45) is 0.972. The molecule has 0 spiro atoms. The SMILES string of the molecule is CCc1cc2ccc(C)cc2cc1CO. The van der Waals surface area contributed by atoms with E-state index in [1.54, 1.807) is 0 Å². The van der Waals surface area contributed by atoms with Gasteiger partial charge in [0.2, 0.25) is 0 Å². The van der Waals surface area contributed by atoms with Crippen molar-refractivity contribution in [1.29, 1.82) is 0 Å². The molecule has 1 heteroatoms. The van der Waals surface area contributed by atoms with Crippen LogP contribution in [0.5, 0.6) is 0 Å². The third kappa shape index (κ3) is 1.88. The number of hydrogen-bond acceptors (Lipinski definition) is 1. The molecule has 0 fully saturated rings. The van der Waals surface area contributed by atoms with E-state index in [0.29, 0.717) is 0 Å². The second-order valence-electron chi connectivity index (χ2n) is 3.98. The molecule has 0 aromatic heterocycles. The molecule has 2 rings (SSSR count). The lowest BCUT2D eigenvalue weighted by molar-refractivity contribution is 0.281. The molecule has 0 aliphatic carbocycles. The summed E-state index contributed by atoms with van der Waals surface area (Å²) in [5.74, 6) is 0. The van der Waals surface area contributed by atoms with Crippen molar-refractivity contribution in [1.82, 2.24) is 0 Å². The predicted molar refractivity (Wildman–Crippen MR) is 64.0 cm³/mol. The van der Waals surface area contributed by atoms with Gasteiger partial charge >= 0.3 is 0 Å². The van der Waals surface area contributed by atoms with E-state index >= 15 is 0 Å². The average molecular weight is 200 g/mol. The second-order valence-corrected chi connectivity index (χ2v) is 3.98. The highest BCUT2D eigenvalue weighted by Crippen LogP contribution is 2.22. The van der Waals surface area contributed by atoms with Crippen LogP contribution in [0.25, 0.3) is 10.8 Å². The van der Waals surface area contributed by atoms with E-state index in [-0.39, 0.29) is 6.61 Å². The van der Waals surface area contributed by atoms with Gasteiger partial charge < -0.3 is 5.11 Å². The smallest absolute Gasteiger partial charge is 0.0684 e. The van der Waals surface area contributed by atoms with Crippen LogP contribution in [0.15, 0.2) is 30.3 Å². The summed E-state index contributed by atoms with van der Waals surface area (Å²) in [6.45, 7) is 4.34. The first kappa shape index (κ1) is 10.2. The summed E-state index contributed by atoms with van der Waals surface area (Å²) in [5, 5.41) is 11.8. The van der Waals surface area contributed by atoms with Crippen molar-refractivity contribution in [3.63, 3.8) is 0 Å². The molecule has 0 bridgehead atoms. The zero-order valence-corrected chi connectivity index (χ0v) is 9.25. The van der Waals surface area contributed by atoms with Crippen LogP contribution in [0.2, 0.25) is 0 Å². The third-order valence-electron chi connectivity index (χ3n) is 2.87. The molecular formula is C14H16O. The Labute approximate surface area is 90.4 Å². The van der Waals surface area contributed by atoms with Crippen molar-refractivity contribution in [2.24, 2.45) is 0 Å². The topological polar surface area (TPSA) is 20.2 Å². The van der Waals surface area contributed by atoms with Gasteiger partial charge in [0.05, 0.1) is 6.61 Å². The molecule has 1 nitrogen and oxygen atoms in total. The van der Waals surface area contributed by atoms with E-state index < -0.39 is 0 Å². The van der Waals surface area contributed by atoms with Crippen molar-refractivity contribution >= 4 is 10.8 Å². The maximum atomic E-state index is 9.28. The number of hydrogen-bond donors (Lipinski definition) is 1. The normalized spacial score (nSPS) is 10.9. The van der Waals surface area contributed by atoms with Crippen LogP contribution >= 0.6 is 0 Å². The van der Waals surface area contributed by atoms with Gasteiger partial charge in [-0.3, -0.25) is 0 Å². The minimum atomic E-state index is 0.132. The van der Waals surface area contributed by atoms with Crippen molar-refractivity contribution in [3.8, 4) is 0 Å². The van der Waals surface area contributed by atoms with Crippen LogP contribution in [0, 0.1) is 6.92 Å². The maximum absolute atomic E-state index is 9.28. The molecule has 0 radical (unpaired) electrons. The standard InChI is InChI=1S/C14H16O/c1-3-11-7-12-5-4-10(2)6-13(12)8-14(11)9-15/h4-8,15H,3,9H2,1-2H3. The number of aryl methyl sites for hydroxylation is 2. The second kappa shape index (κ2) is 4.03. The van der Waals surface area contributed by atoms with Crippen molar-refractivity contribution in [2.45, 2.75) is 26.9 Å². The molecule has 2 aromatic carbocycles. The van der Waals surface area contributed by atoms with Gasteiger partial charge in [-0.05, 0) is 41.3 Å². The molecule has 0 saturated heterocycles. The van der Waals surface area contributed by atoms with Gasteiger partial charge in [-0.1, -0.05) is 36.8 Å². The fourth-order valence-electron chi connectivity index (χ4n) is 1.99. The van der Waals surface area contributed by atoms with Crippen LogP contribution in [0.4, 0.5) is 0 Å². The number of aliphatic hydroxyl groups excluding tert-OH is 1. The average Bonchev–Trinajstić information content (AvgIpc) is 2.27. The number of benzene rings is 2. The fraction of sp³-hybridized carbons (Fsp3) is 0.286. The van der Waals surface area contributed by atoms with Crippen LogP contribution in [-0.4, -0.2) is 5.11 Å². The van der Waals surface area contributed by atoms with Crippen molar-refractivity contribution in [2.75, 3.05) is 0 Å². The van der Waals surface area contributed by atoms with Gasteiger partial charge in [-0.2, -0.15) is 0 Å². The summed E-state index contributed by atoms with van der Waals surface area (Å²) < 4.78 is 0. The zero-order valence-electron chi connectivity index (χ0n) is 9.25. The largest absolute Gasteiger partial charge is 0.392 e. The quantitative estimate of drug-likeness (QED) is 0.789. The van der Waals surface area contributed by atoms with Gasteiger partial charge in [-0.25, -0.2) is 0 Å². The van der Waals surface area contributed by atoms with Gasteiger partial charge in [-0.15, -0.1) is 0 Å². The highest BCUT2D eigenvalue weighted by atomic mass is 16.3. The molecule has 0 atom stereocenters. The molecule has 0 amide bonds. The maximum Gasteiger partial charge on any atom is 0.0684 e. The summed E-state index contributed by atoms with van der Waals surface area (Å²) >= 11 is 0. The van der Waals surface area contributed by atoms with Gasteiger partial charge in [0.15, 0.2) is 0 Å². The Hall–Kier alpha value is -1.34. The van der Waals surface area contributed by atoms with Crippen LogP contribution in [-0.2, 0) is 13.0 Å². The van der Waals surface area contributed by atoms with Crippen molar-refractivity contribution in [3.05, 3.63) is 47.0 Å². The molecule has 0 saturated carbocycles. The van der Waals surface area contributed by atoms with Crippen LogP contribution in [0.1, 0.15) is 23.6 Å². The first-order valence-corrected chi connectivity index (χ1v) is 5.37. The molecule has 0 heterocycles. The van der Waals surface area contributed by atoms with Gasteiger partial charge in [0, 0.05) is 0 Å². The zero-order chi connectivity index (χ0) is 10.8. The highest BCUT2D eigenvalue weighted by Gasteiger charge is 2.02. The Bertz CT molecular complexity index is 486. The number of rotatable bonds is 2. The molecule has 0 aliphatic rings. The van der Waals surface area contributed by atoms with E-state index in [1.165, 1.54) is 21.9 Å². The number of aliphatic hydroxyl groups is 1. The highest BCUT2D eigenvalue weighted by molar-refractivity contribution is 5.84. The molecule has 2 aromatic rings. The lowest BCUT2D eigenvalue weighted by Gasteiger charge is -2.08. The lowest BCUT2D eigenvalue weighted by atomic mass is 9.98. The molecule has 15 heavy (non-hydrogen) atoms. The van der Waals surface area contributed by atoms with E-state index in [9.17, 15) is 5.11 Å². The summed E-state index contributed by atoms with van der Waals surface area (Å²) in [7, 11) is 0. The first-order valence-electron chi connectivity index (χ1n) is 5.37. The van der Waals surface area contributed by atoms with Crippen LogP contribution in [0.3, 0.4) is 0 Å². The molecule has 78 valence electrons. The third-order valence-corrected chi connectivity index (χ3v) is 2.87. The van der Waals surface area contributed by atoms with E-state index in [0.717, 1.165) is 12.0 Å². The molecule has 0 unspecified atom stereocenters. The Morgan fingerprint density at radius 2 is 1.73 bits per heavy atom. The Balaban J connectivity index is 2.69. The minimum absolute atomic E-state index is 0.132. The minimum Gasteiger partial charge on any atom is -0.392 e. The molecule has 1 N–H and O–H groups in total. The monoisotopic (exact) mass is 200 g/mol. The fourth-order valence-corrected chi connectivity index (χ4v) is 1.99. The first-order chi connectivity index (χ1) is 7.24. The molecular weight excluding hydrogens is 184 g/mol. The summed E-state index contributed by atoms with van der Waals surface area (Å²) in [6, 6.07) is 10.7. The summed E-state index contributed by atoms with van der Waals surface area (Å²) in [5.41, 5.74) is 3.56.